The van der Waals surface area contributed by atoms with E-state index in [1.54, 1.807) is 0 Å². The number of benzene rings is 2. The normalized spacial score (nSPS) is 11.2. The van der Waals surface area contributed by atoms with Gasteiger partial charge in [0.1, 0.15) is 5.75 Å². The molecule has 0 bridgehead atoms. The van der Waals surface area contributed by atoms with Gasteiger partial charge in [0.2, 0.25) is 0 Å². The monoisotopic (exact) mass is 385 g/mol. The number of ether oxygens (including phenoxy) is 1. The fourth-order valence-corrected chi connectivity index (χ4v) is 2.75. The maximum atomic E-state index is 12.1. The lowest BCUT2D eigenvalue weighted by Gasteiger charge is -2.22. The minimum Gasteiger partial charge on any atom is -0.483 e. The van der Waals surface area contributed by atoms with Gasteiger partial charge in [-0.25, -0.2) is 0 Å². The molecule has 0 atom stereocenters. The molecule has 0 aliphatic heterocycles. The third kappa shape index (κ3) is 4.79. The first-order valence-corrected chi connectivity index (χ1v) is 8.48. The molecule has 0 saturated carbocycles. The van der Waals surface area contributed by atoms with E-state index in [0.29, 0.717) is 26.5 Å². The zero-order valence-electron chi connectivity index (χ0n) is 13.6. The van der Waals surface area contributed by atoms with Crippen molar-refractivity contribution in [2.24, 2.45) is 0 Å². The van der Waals surface area contributed by atoms with Crippen LogP contribution in [-0.2, 0) is 10.2 Å². The molecule has 0 unspecified atom stereocenters. The van der Waals surface area contributed by atoms with Gasteiger partial charge in [-0.1, -0.05) is 73.8 Å². The van der Waals surface area contributed by atoms with Crippen LogP contribution < -0.4 is 10.1 Å². The van der Waals surface area contributed by atoms with Gasteiger partial charge in [0.05, 0.1) is 20.8 Å². The zero-order valence-corrected chi connectivity index (χ0v) is 15.9. The number of amides is 1. The largest absolute Gasteiger partial charge is 0.483 e. The van der Waals surface area contributed by atoms with E-state index in [2.05, 4.69) is 26.1 Å². The molecule has 24 heavy (non-hydrogen) atoms. The first-order valence-electron chi connectivity index (χ1n) is 7.35. The molecular weight excluding hydrogens is 369 g/mol. The highest BCUT2D eigenvalue weighted by Crippen LogP contribution is 2.33. The second-order valence-corrected chi connectivity index (χ2v) is 7.55. The second kappa shape index (κ2) is 7.64. The van der Waals surface area contributed by atoms with Crippen molar-refractivity contribution in [1.29, 1.82) is 0 Å². The second-order valence-electron chi connectivity index (χ2n) is 6.33. The van der Waals surface area contributed by atoms with Crippen molar-refractivity contribution in [2.75, 3.05) is 11.9 Å². The molecule has 0 aliphatic carbocycles. The van der Waals surface area contributed by atoms with E-state index in [9.17, 15) is 4.79 Å². The van der Waals surface area contributed by atoms with Crippen molar-refractivity contribution in [1.82, 2.24) is 0 Å². The molecule has 0 fully saturated rings. The van der Waals surface area contributed by atoms with Crippen molar-refractivity contribution < 1.29 is 9.53 Å². The van der Waals surface area contributed by atoms with Gasteiger partial charge in [-0.05, 0) is 29.2 Å². The summed E-state index contributed by atoms with van der Waals surface area (Å²) in [5.74, 6) is 0.347. The SMILES string of the molecule is CC(C)(C)c1ccccc1OCC(=O)Nc1cc(Cl)c(Cl)cc1Cl. The van der Waals surface area contributed by atoms with Crippen LogP contribution in [0.3, 0.4) is 0 Å². The number of hydrogen-bond donors (Lipinski definition) is 1. The highest BCUT2D eigenvalue weighted by molar-refractivity contribution is 6.44. The fourth-order valence-electron chi connectivity index (χ4n) is 2.16. The Hall–Kier alpha value is -1.42. The standard InChI is InChI=1S/C18H18Cl3NO2/c1-18(2,3)11-6-4-5-7-16(11)24-10-17(23)22-15-9-13(20)12(19)8-14(15)21/h4-9H,10H2,1-3H3,(H,22,23). The Morgan fingerprint density at radius 2 is 1.67 bits per heavy atom. The van der Waals surface area contributed by atoms with E-state index in [-0.39, 0.29) is 17.9 Å². The molecule has 128 valence electrons. The molecule has 0 heterocycles. The Kier molecular flexibility index (Phi) is 6.02. The van der Waals surface area contributed by atoms with Gasteiger partial charge in [-0.3, -0.25) is 4.79 Å². The molecule has 2 aromatic carbocycles. The topological polar surface area (TPSA) is 38.3 Å². The molecule has 0 saturated heterocycles. The predicted octanol–water partition coefficient (Wildman–Crippen LogP) is 5.96. The van der Waals surface area contributed by atoms with E-state index in [1.807, 2.05) is 24.3 Å². The molecule has 0 aliphatic rings. The number of hydrogen-bond acceptors (Lipinski definition) is 2. The summed E-state index contributed by atoms with van der Waals surface area (Å²) < 4.78 is 5.68. The Bertz CT molecular complexity index is 754. The summed E-state index contributed by atoms with van der Waals surface area (Å²) in [7, 11) is 0. The van der Waals surface area contributed by atoms with Crippen LogP contribution in [0.2, 0.25) is 15.1 Å². The third-order valence-corrected chi connectivity index (χ3v) is 4.37. The summed E-state index contributed by atoms with van der Waals surface area (Å²) in [5.41, 5.74) is 1.34. The van der Waals surface area contributed by atoms with Crippen LogP contribution in [0, 0.1) is 0 Å². The van der Waals surface area contributed by atoms with Gasteiger partial charge >= 0.3 is 0 Å². The van der Waals surface area contributed by atoms with Crippen LogP contribution in [0.5, 0.6) is 5.75 Å². The molecule has 2 rings (SSSR count). The molecule has 6 heteroatoms. The third-order valence-electron chi connectivity index (χ3n) is 3.34. The molecular formula is C18H18Cl3NO2. The summed E-state index contributed by atoms with van der Waals surface area (Å²) in [6.45, 7) is 6.13. The molecule has 0 spiro atoms. The summed E-state index contributed by atoms with van der Waals surface area (Å²) in [6.07, 6.45) is 0. The summed E-state index contributed by atoms with van der Waals surface area (Å²) in [5, 5.41) is 3.62. The Labute approximate surface area is 156 Å². The summed E-state index contributed by atoms with van der Waals surface area (Å²) >= 11 is 17.9. The van der Waals surface area contributed by atoms with Gasteiger partial charge in [-0.2, -0.15) is 0 Å². The van der Waals surface area contributed by atoms with Crippen molar-refractivity contribution in [3.8, 4) is 5.75 Å². The lowest BCUT2D eigenvalue weighted by molar-refractivity contribution is -0.118. The van der Waals surface area contributed by atoms with Crippen molar-refractivity contribution in [3.05, 3.63) is 57.0 Å². The number of halogens is 3. The molecule has 1 N–H and O–H groups in total. The first kappa shape index (κ1) is 18.9. The maximum Gasteiger partial charge on any atom is 0.262 e. The fraction of sp³-hybridized carbons (Fsp3) is 0.278. The Morgan fingerprint density at radius 3 is 2.33 bits per heavy atom. The lowest BCUT2D eigenvalue weighted by Crippen LogP contribution is -2.22. The van der Waals surface area contributed by atoms with Crippen molar-refractivity contribution >= 4 is 46.4 Å². The zero-order chi connectivity index (χ0) is 17.9. The van der Waals surface area contributed by atoms with Crippen LogP contribution in [0.25, 0.3) is 0 Å². The molecule has 2 aromatic rings. The number of rotatable bonds is 4. The average Bonchev–Trinajstić information content (AvgIpc) is 2.50. The van der Waals surface area contributed by atoms with Crippen LogP contribution in [0.15, 0.2) is 36.4 Å². The van der Waals surface area contributed by atoms with E-state index in [1.165, 1.54) is 12.1 Å². The van der Waals surface area contributed by atoms with E-state index in [4.69, 9.17) is 39.5 Å². The number of carbonyl (C=O) groups is 1. The Balaban J connectivity index is 2.06. The number of anilines is 1. The van der Waals surface area contributed by atoms with Gasteiger partial charge < -0.3 is 10.1 Å². The van der Waals surface area contributed by atoms with Crippen LogP contribution in [0.4, 0.5) is 5.69 Å². The van der Waals surface area contributed by atoms with E-state index >= 15 is 0 Å². The Morgan fingerprint density at radius 1 is 1.04 bits per heavy atom. The van der Waals surface area contributed by atoms with Crippen molar-refractivity contribution in [2.45, 2.75) is 26.2 Å². The number of para-hydroxylation sites is 1. The highest BCUT2D eigenvalue weighted by atomic mass is 35.5. The minimum absolute atomic E-state index is 0.0833. The minimum atomic E-state index is -0.334. The van der Waals surface area contributed by atoms with Crippen molar-refractivity contribution in [3.63, 3.8) is 0 Å². The lowest BCUT2D eigenvalue weighted by atomic mass is 9.86. The molecule has 0 radical (unpaired) electrons. The maximum absolute atomic E-state index is 12.1. The van der Waals surface area contributed by atoms with Gasteiger partial charge in [-0.15, -0.1) is 0 Å². The smallest absolute Gasteiger partial charge is 0.262 e. The van der Waals surface area contributed by atoms with Gasteiger partial charge in [0.25, 0.3) is 5.91 Å². The van der Waals surface area contributed by atoms with Crippen LogP contribution in [-0.4, -0.2) is 12.5 Å². The highest BCUT2D eigenvalue weighted by Gasteiger charge is 2.19. The molecule has 0 aromatic heterocycles. The quantitative estimate of drug-likeness (QED) is 0.658. The van der Waals surface area contributed by atoms with Crippen LogP contribution >= 0.6 is 34.8 Å². The number of nitrogens with one attached hydrogen (secondary N) is 1. The average molecular weight is 387 g/mol. The molecule has 1 amide bonds. The number of carbonyl (C=O) groups excluding carboxylic acids is 1. The predicted molar refractivity (Wildman–Crippen MR) is 101 cm³/mol. The molecule has 3 nitrogen and oxygen atoms in total. The first-order chi connectivity index (χ1) is 11.2. The van der Waals surface area contributed by atoms with Gasteiger partial charge in [0.15, 0.2) is 6.61 Å². The summed E-state index contributed by atoms with van der Waals surface area (Å²) in [6, 6.07) is 10.6. The van der Waals surface area contributed by atoms with Crippen LogP contribution in [0.1, 0.15) is 26.3 Å². The van der Waals surface area contributed by atoms with E-state index < -0.39 is 0 Å². The summed E-state index contributed by atoms with van der Waals surface area (Å²) in [4.78, 5) is 12.1. The van der Waals surface area contributed by atoms with E-state index in [0.717, 1.165) is 5.56 Å². The van der Waals surface area contributed by atoms with Gasteiger partial charge in [0, 0.05) is 0 Å².